The number of pyridine rings is 8. The highest BCUT2D eigenvalue weighted by molar-refractivity contribution is 7.95. The van der Waals surface area contributed by atoms with Crippen molar-refractivity contribution in [3.05, 3.63) is 368 Å². The third-order valence-electron chi connectivity index (χ3n) is 22.6. The maximum absolute atomic E-state index is 13.3. The number of benzene rings is 8. The van der Waals surface area contributed by atoms with Gasteiger partial charge in [-0.3, -0.25) is 76.4 Å². The molecule has 12 aromatic heterocycles. The standard InChI is InChI=1S/C26H21N5O2.C25H19N5O3.C24H19N5O3S.C22H16FN5O3S/c1-16-3-7-20(14-23(16)29-26(33)17-4-5-17)31-24(32)10-6-18-15-27-22-9-8-19(13-21(22)25(18)31)30-12-2-11-28-30;1-15-3-5-18(12-21(15)28-25(32)22-14-33-22)30-23(31)8-4-16-13-26-20-7-6-17(11-19(20)24(16)30)29-10-2-9-27-29;1-3-33(31,32)27-22-14-19(7-5-16(22)2)29-23(30)10-6-17-15-25-21-9-8-18(13-20(21)24(17)29)28-12-4-11-26-28;1-14-3-5-17(12-20(14)26-32(23,30)31)28-21(29)8-4-15-13-24-19-7-6-16(11-18(19)22(15)28)27-10-2-9-25-27/h2-3,6-15,17H,4-5H2,1H3,(H,29,33);2-13,22H,14H2,1H3,(H,28,32);3-15,27H,1H2,2H3;2-13,26H,1H3. The van der Waals surface area contributed by atoms with E-state index in [-0.39, 0.29) is 45.7 Å². The fraction of sp³-hybridized carbons (Fsp3) is 0.0928. The Morgan fingerprint density at radius 3 is 0.939 bits per heavy atom. The molecule has 1 aliphatic carbocycles. The number of amides is 2. The molecular formula is C97H75FN20O11S2. The summed E-state index contributed by atoms with van der Waals surface area (Å²) in [6.45, 7) is 11.1. The van der Waals surface area contributed by atoms with Gasteiger partial charge in [-0.1, -0.05) is 34.7 Å². The summed E-state index contributed by atoms with van der Waals surface area (Å²) in [7, 11) is -8.68. The molecule has 8 aromatic carbocycles. The summed E-state index contributed by atoms with van der Waals surface area (Å²) in [5.41, 5.74) is 15.3. The summed E-state index contributed by atoms with van der Waals surface area (Å²) in [6.07, 6.45) is 22.6. The molecule has 13 heterocycles. The summed E-state index contributed by atoms with van der Waals surface area (Å²) in [5.74, 6) is -0.0397. The lowest BCUT2D eigenvalue weighted by molar-refractivity contribution is -0.118. The minimum absolute atomic E-state index is 0.0408. The third kappa shape index (κ3) is 17.1. The lowest BCUT2D eigenvalue weighted by Crippen LogP contribution is -2.20. The van der Waals surface area contributed by atoms with Gasteiger partial charge in [-0.2, -0.15) is 28.8 Å². The summed E-state index contributed by atoms with van der Waals surface area (Å²) in [5, 5.41) is 30.3. The van der Waals surface area contributed by atoms with E-state index >= 15 is 0 Å². The van der Waals surface area contributed by atoms with E-state index in [9.17, 15) is 49.5 Å². The van der Waals surface area contributed by atoms with Crippen molar-refractivity contribution in [1.82, 2.24) is 77.3 Å². The van der Waals surface area contributed by atoms with Crippen molar-refractivity contribution in [2.75, 3.05) is 26.7 Å². The smallest absolute Gasteiger partial charge is 0.363 e. The number of sulfonamides is 1. The number of epoxide rings is 1. The van der Waals surface area contributed by atoms with Crippen LogP contribution >= 0.6 is 0 Å². The quantitative estimate of drug-likeness (QED) is 0.0374. The molecule has 0 radical (unpaired) electrons. The molecule has 1 atom stereocenters. The second kappa shape index (κ2) is 34.1. The molecule has 4 N–H and O–H groups in total. The summed E-state index contributed by atoms with van der Waals surface area (Å²) < 4.78 is 82.5. The molecule has 131 heavy (non-hydrogen) atoms. The highest BCUT2D eigenvalue weighted by Gasteiger charge is 2.32. The van der Waals surface area contributed by atoms with Gasteiger partial charge < -0.3 is 15.4 Å². The maximum atomic E-state index is 13.3. The first kappa shape index (κ1) is 83.7. The SMILES string of the molecule is C=CS(=O)(=O)Nc1cc(-n2c(=O)ccc3cnc4ccc(-n5cccn5)cc4c32)ccc1C.Cc1ccc(-n2c(=O)ccc3cnc4ccc(-n5cccn5)cc4c32)cc1NC(=O)C1CC1.Cc1ccc(-n2c(=O)ccc3cnc4ccc(-n5cccn5)cc4c32)cc1NC(=O)C1CO1.Cc1ccc(-n2c(=O)ccc3cnc4ccc(-n5cccn5)cc4c32)cc1NS(=O)(=O)F. The number of nitrogens with one attached hydrogen (secondary N) is 4. The second-order valence-corrected chi connectivity index (χ2v) is 34.0. The molecule has 2 fully saturated rings. The van der Waals surface area contributed by atoms with Gasteiger partial charge in [-0.05, 0) is 233 Å². The summed E-state index contributed by atoms with van der Waals surface area (Å²) in [6, 6.07) is 64.6. The van der Waals surface area contributed by atoms with E-state index in [0.29, 0.717) is 79.2 Å². The molecular weight excluding hydrogens is 1700 g/mol. The molecule has 2 amide bonds. The van der Waals surface area contributed by atoms with E-state index in [1.165, 1.54) is 28.8 Å². The lowest BCUT2D eigenvalue weighted by atomic mass is 10.1. The van der Waals surface area contributed by atoms with E-state index in [4.69, 9.17) is 4.74 Å². The minimum atomic E-state index is -4.97. The number of fused-ring (bicyclic) bond motifs is 12. The number of aryl methyl sites for hydroxylation is 4. The molecule has 1 unspecified atom stereocenters. The van der Waals surface area contributed by atoms with Crippen molar-refractivity contribution in [3.63, 3.8) is 0 Å². The molecule has 1 aliphatic heterocycles. The van der Waals surface area contributed by atoms with Crippen molar-refractivity contribution < 1.29 is 35.0 Å². The Bertz CT molecular complexity index is 8310. The molecule has 31 nitrogen and oxygen atoms in total. The first-order valence-electron chi connectivity index (χ1n) is 41.2. The average Bonchev–Trinajstić information content (AvgIpc) is 1.54. The number of hydrogen-bond donors (Lipinski definition) is 4. The summed E-state index contributed by atoms with van der Waals surface area (Å²) >= 11 is 0. The number of aromatic nitrogens is 16. The van der Waals surface area contributed by atoms with Gasteiger partial charge in [-0.25, -0.2) is 27.1 Å². The Hall–Kier alpha value is -16.9. The zero-order valence-electron chi connectivity index (χ0n) is 70.1. The van der Waals surface area contributed by atoms with Crippen LogP contribution in [0.3, 0.4) is 0 Å². The van der Waals surface area contributed by atoms with Crippen LogP contribution in [0.5, 0.6) is 0 Å². The van der Waals surface area contributed by atoms with E-state index in [1.807, 2.05) is 171 Å². The fourth-order valence-electron chi connectivity index (χ4n) is 15.7. The predicted octanol–water partition coefficient (Wildman–Crippen LogP) is 15.3. The van der Waals surface area contributed by atoms with Gasteiger partial charge in [0.05, 0.1) is 108 Å². The Kier molecular flexibility index (Phi) is 21.8. The van der Waals surface area contributed by atoms with Crippen LogP contribution in [0.15, 0.2) is 324 Å². The van der Waals surface area contributed by atoms with Gasteiger partial charge in [0, 0.05) is 164 Å². The topological polar surface area (TPSA) is 374 Å². The zero-order valence-corrected chi connectivity index (χ0v) is 71.7. The van der Waals surface area contributed by atoms with Crippen molar-refractivity contribution in [2.24, 2.45) is 5.92 Å². The predicted molar refractivity (Wildman–Crippen MR) is 503 cm³/mol. The highest BCUT2D eigenvalue weighted by Crippen LogP contribution is 2.37. The number of carbonyl (C=O) groups excluding carboxylic acids is 2. The number of nitrogens with zero attached hydrogens (tertiary/aromatic N) is 16. The van der Waals surface area contributed by atoms with Gasteiger partial charge in [-0.15, -0.1) is 0 Å². The van der Waals surface area contributed by atoms with Crippen LogP contribution in [0.2, 0.25) is 0 Å². The number of anilines is 4. The number of halogens is 1. The van der Waals surface area contributed by atoms with Crippen LogP contribution < -0.4 is 42.3 Å². The van der Waals surface area contributed by atoms with Crippen molar-refractivity contribution in [3.8, 4) is 45.5 Å². The van der Waals surface area contributed by atoms with Crippen molar-refractivity contribution in [1.29, 1.82) is 0 Å². The normalized spacial score (nSPS) is 13.0. The molecule has 1 saturated carbocycles. The van der Waals surface area contributed by atoms with Crippen LogP contribution in [-0.2, 0) is 34.8 Å². The first-order valence-corrected chi connectivity index (χ1v) is 44.1. The average molecular weight is 1780 g/mol. The minimum Gasteiger partial charge on any atom is -0.363 e. The monoisotopic (exact) mass is 1780 g/mol. The number of ether oxygens (including phenoxy) is 1. The zero-order chi connectivity index (χ0) is 90.7. The lowest BCUT2D eigenvalue weighted by Gasteiger charge is -2.15. The van der Waals surface area contributed by atoms with Gasteiger partial charge in [0.1, 0.15) is 0 Å². The Morgan fingerprint density at radius 1 is 0.382 bits per heavy atom. The van der Waals surface area contributed by atoms with Gasteiger partial charge in [0.15, 0.2) is 6.10 Å². The highest BCUT2D eigenvalue weighted by atomic mass is 32.3. The fourth-order valence-corrected chi connectivity index (χ4v) is 16.8. The number of carbonyl (C=O) groups is 2. The van der Waals surface area contributed by atoms with Gasteiger partial charge >= 0.3 is 10.4 Å². The van der Waals surface area contributed by atoms with Crippen LogP contribution in [0, 0.1) is 33.6 Å². The molecule has 20 aromatic rings. The van der Waals surface area contributed by atoms with E-state index in [0.717, 1.165) is 118 Å². The molecule has 1 saturated heterocycles. The van der Waals surface area contributed by atoms with Crippen LogP contribution in [0.4, 0.5) is 26.6 Å². The summed E-state index contributed by atoms with van der Waals surface area (Å²) in [4.78, 5) is 95.2. The second-order valence-electron chi connectivity index (χ2n) is 31.3. The Labute approximate surface area is 743 Å². The van der Waals surface area contributed by atoms with Crippen LogP contribution in [-0.4, -0.2) is 119 Å². The van der Waals surface area contributed by atoms with Crippen LogP contribution in [0.1, 0.15) is 35.1 Å². The largest absolute Gasteiger partial charge is 0.396 e. The van der Waals surface area contributed by atoms with E-state index in [2.05, 4.69) is 62.3 Å². The third-order valence-corrected chi connectivity index (χ3v) is 24.0. The van der Waals surface area contributed by atoms with E-state index < -0.39 is 26.5 Å². The van der Waals surface area contributed by atoms with Crippen molar-refractivity contribution >= 4 is 142 Å². The van der Waals surface area contributed by atoms with Crippen LogP contribution in [0.25, 0.3) is 133 Å². The van der Waals surface area contributed by atoms with Gasteiger partial charge in [0.25, 0.3) is 38.2 Å². The van der Waals surface area contributed by atoms with E-state index in [1.54, 1.807) is 163 Å². The molecule has 0 bridgehead atoms. The molecule has 2 aliphatic rings. The molecule has 0 spiro atoms. The maximum Gasteiger partial charge on any atom is 0.396 e. The number of rotatable bonds is 17. The molecule has 22 rings (SSSR count). The molecule has 34 heteroatoms. The van der Waals surface area contributed by atoms with Crippen molar-refractivity contribution in [2.45, 2.75) is 46.6 Å². The molecule has 648 valence electrons. The Morgan fingerprint density at radius 2 is 0.664 bits per heavy atom. The number of hydrogen-bond acceptors (Lipinski definition) is 19. The Balaban J connectivity index is 0.000000113. The first-order chi connectivity index (χ1) is 63.3. The van der Waals surface area contributed by atoms with Gasteiger partial charge in [0.2, 0.25) is 5.91 Å².